The summed E-state index contributed by atoms with van der Waals surface area (Å²) in [5.41, 5.74) is 6.90. The zero-order valence-electron chi connectivity index (χ0n) is 11.0. The minimum absolute atomic E-state index is 0.496. The number of nitrogens with zero attached hydrogens (tertiary/aromatic N) is 1. The van der Waals surface area contributed by atoms with E-state index in [1.54, 1.807) is 0 Å². The number of rotatable bonds is 6. The van der Waals surface area contributed by atoms with Crippen molar-refractivity contribution in [1.82, 2.24) is 4.90 Å². The minimum Gasteiger partial charge on any atom is -0.465 e. The van der Waals surface area contributed by atoms with Crippen LogP contribution in [0.15, 0.2) is 10.5 Å². The van der Waals surface area contributed by atoms with E-state index in [4.69, 9.17) is 10.2 Å². The first kappa shape index (κ1) is 12.7. The van der Waals surface area contributed by atoms with E-state index in [-0.39, 0.29) is 0 Å². The predicted octanol–water partition coefficient (Wildman–Crippen LogP) is 2.67. The van der Waals surface area contributed by atoms with Gasteiger partial charge in [-0.3, -0.25) is 4.90 Å². The fraction of sp³-hybridized carbons (Fsp3) is 0.714. The SMILES string of the molecule is CCN(Cc1cc(CN)oc1C)CC1CCC1. The van der Waals surface area contributed by atoms with Crippen LogP contribution in [-0.4, -0.2) is 18.0 Å². The molecule has 0 aliphatic heterocycles. The Morgan fingerprint density at radius 3 is 2.71 bits per heavy atom. The molecular formula is C14H24N2O. The summed E-state index contributed by atoms with van der Waals surface area (Å²) in [6.07, 6.45) is 4.24. The molecule has 0 radical (unpaired) electrons. The molecule has 0 aromatic carbocycles. The molecular weight excluding hydrogens is 212 g/mol. The molecule has 2 N–H and O–H groups in total. The number of furan rings is 1. The predicted molar refractivity (Wildman–Crippen MR) is 69.6 cm³/mol. The van der Waals surface area contributed by atoms with E-state index in [0.717, 1.165) is 30.5 Å². The van der Waals surface area contributed by atoms with Crippen molar-refractivity contribution < 1.29 is 4.42 Å². The van der Waals surface area contributed by atoms with E-state index in [9.17, 15) is 0 Å². The highest BCUT2D eigenvalue weighted by molar-refractivity contribution is 5.20. The van der Waals surface area contributed by atoms with Gasteiger partial charge in [-0.1, -0.05) is 13.3 Å². The van der Waals surface area contributed by atoms with Crippen LogP contribution in [0.2, 0.25) is 0 Å². The summed E-state index contributed by atoms with van der Waals surface area (Å²) in [7, 11) is 0. The molecule has 1 aromatic rings. The monoisotopic (exact) mass is 236 g/mol. The highest BCUT2D eigenvalue weighted by atomic mass is 16.3. The van der Waals surface area contributed by atoms with Gasteiger partial charge in [0, 0.05) is 18.7 Å². The number of hydrogen-bond acceptors (Lipinski definition) is 3. The highest BCUT2D eigenvalue weighted by Gasteiger charge is 2.20. The fourth-order valence-electron chi connectivity index (χ4n) is 2.43. The Labute approximate surface area is 104 Å². The minimum atomic E-state index is 0.496. The molecule has 1 aliphatic carbocycles. The van der Waals surface area contributed by atoms with E-state index in [2.05, 4.69) is 17.9 Å². The van der Waals surface area contributed by atoms with Crippen molar-refractivity contribution >= 4 is 0 Å². The molecule has 1 heterocycles. The van der Waals surface area contributed by atoms with Gasteiger partial charge in [-0.05, 0) is 38.3 Å². The van der Waals surface area contributed by atoms with Gasteiger partial charge in [0.05, 0.1) is 6.54 Å². The molecule has 3 heteroatoms. The molecule has 1 saturated carbocycles. The highest BCUT2D eigenvalue weighted by Crippen LogP contribution is 2.28. The first-order valence-corrected chi connectivity index (χ1v) is 6.73. The van der Waals surface area contributed by atoms with Gasteiger partial charge in [0.15, 0.2) is 0 Å². The van der Waals surface area contributed by atoms with Gasteiger partial charge in [0.2, 0.25) is 0 Å². The number of hydrogen-bond donors (Lipinski definition) is 1. The normalized spacial score (nSPS) is 16.5. The number of aryl methyl sites for hydroxylation is 1. The van der Waals surface area contributed by atoms with Crippen molar-refractivity contribution in [2.24, 2.45) is 11.7 Å². The second-order valence-electron chi connectivity index (χ2n) is 5.12. The molecule has 3 nitrogen and oxygen atoms in total. The molecule has 96 valence electrons. The van der Waals surface area contributed by atoms with E-state index < -0.39 is 0 Å². The topological polar surface area (TPSA) is 42.4 Å². The first-order chi connectivity index (χ1) is 8.22. The third-order valence-electron chi connectivity index (χ3n) is 3.86. The average molecular weight is 236 g/mol. The molecule has 0 amide bonds. The molecule has 0 unspecified atom stereocenters. The second-order valence-corrected chi connectivity index (χ2v) is 5.12. The van der Waals surface area contributed by atoms with Gasteiger partial charge in [-0.2, -0.15) is 0 Å². The Balaban J connectivity index is 1.93. The molecule has 0 bridgehead atoms. The van der Waals surface area contributed by atoms with E-state index in [1.165, 1.54) is 31.4 Å². The summed E-state index contributed by atoms with van der Waals surface area (Å²) >= 11 is 0. The van der Waals surface area contributed by atoms with Crippen LogP contribution < -0.4 is 5.73 Å². The van der Waals surface area contributed by atoms with Crippen molar-refractivity contribution in [3.8, 4) is 0 Å². The lowest BCUT2D eigenvalue weighted by molar-refractivity contribution is 0.177. The lowest BCUT2D eigenvalue weighted by atomic mass is 9.85. The Kier molecular flexibility index (Phi) is 4.24. The standard InChI is InChI=1S/C14H24N2O/c1-3-16(9-12-5-4-6-12)10-13-7-14(8-15)17-11(13)2/h7,12H,3-6,8-10,15H2,1-2H3. The Bertz CT molecular complexity index is 355. The van der Waals surface area contributed by atoms with Crippen molar-refractivity contribution in [3.05, 3.63) is 23.2 Å². The zero-order valence-corrected chi connectivity index (χ0v) is 11.0. The van der Waals surface area contributed by atoms with Crippen LogP contribution in [0.3, 0.4) is 0 Å². The van der Waals surface area contributed by atoms with Gasteiger partial charge in [-0.25, -0.2) is 0 Å². The molecule has 0 saturated heterocycles. The van der Waals surface area contributed by atoms with Gasteiger partial charge in [0.1, 0.15) is 11.5 Å². The summed E-state index contributed by atoms with van der Waals surface area (Å²) in [6.45, 7) is 8.11. The fourth-order valence-corrected chi connectivity index (χ4v) is 2.43. The Morgan fingerprint density at radius 2 is 2.24 bits per heavy atom. The van der Waals surface area contributed by atoms with Crippen LogP contribution in [0.5, 0.6) is 0 Å². The van der Waals surface area contributed by atoms with Crippen molar-refractivity contribution in [1.29, 1.82) is 0 Å². The summed E-state index contributed by atoms with van der Waals surface area (Å²) in [5, 5.41) is 0. The van der Waals surface area contributed by atoms with E-state index in [1.807, 2.05) is 6.92 Å². The Morgan fingerprint density at radius 1 is 1.47 bits per heavy atom. The molecule has 2 rings (SSSR count). The second kappa shape index (κ2) is 5.69. The van der Waals surface area contributed by atoms with E-state index in [0.29, 0.717) is 6.54 Å². The van der Waals surface area contributed by atoms with Gasteiger partial charge < -0.3 is 10.2 Å². The summed E-state index contributed by atoms with van der Waals surface area (Å²) in [4.78, 5) is 2.52. The van der Waals surface area contributed by atoms with Crippen LogP contribution in [0.4, 0.5) is 0 Å². The third kappa shape index (κ3) is 3.11. The lowest BCUT2D eigenvalue weighted by Crippen LogP contribution is -2.32. The van der Waals surface area contributed by atoms with Crippen LogP contribution in [0.1, 0.15) is 43.3 Å². The molecule has 1 aliphatic rings. The smallest absolute Gasteiger partial charge is 0.118 e. The van der Waals surface area contributed by atoms with Gasteiger partial charge >= 0.3 is 0 Å². The number of nitrogens with two attached hydrogens (primary N) is 1. The quantitative estimate of drug-likeness (QED) is 0.825. The van der Waals surface area contributed by atoms with Crippen LogP contribution in [-0.2, 0) is 13.1 Å². The summed E-state index contributed by atoms with van der Waals surface area (Å²) in [6, 6.07) is 2.11. The average Bonchev–Trinajstić information content (AvgIpc) is 2.62. The molecule has 1 aromatic heterocycles. The summed E-state index contributed by atoms with van der Waals surface area (Å²) < 4.78 is 5.60. The van der Waals surface area contributed by atoms with E-state index >= 15 is 0 Å². The zero-order chi connectivity index (χ0) is 12.3. The molecule has 17 heavy (non-hydrogen) atoms. The third-order valence-corrected chi connectivity index (χ3v) is 3.86. The van der Waals surface area contributed by atoms with Crippen LogP contribution in [0, 0.1) is 12.8 Å². The Hall–Kier alpha value is -0.800. The van der Waals surface area contributed by atoms with Crippen molar-refractivity contribution in [2.75, 3.05) is 13.1 Å². The molecule has 0 atom stereocenters. The largest absolute Gasteiger partial charge is 0.465 e. The maximum Gasteiger partial charge on any atom is 0.118 e. The maximum atomic E-state index is 5.60. The van der Waals surface area contributed by atoms with Gasteiger partial charge in [-0.15, -0.1) is 0 Å². The maximum absolute atomic E-state index is 5.60. The van der Waals surface area contributed by atoms with Gasteiger partial charge in [0.25, 0.3) is 0 Å². The van der Waals surface area contributed by atoms with Crippen LogP contribution in [0.25, 0.3) is 0 Å². The lowest BCUT2D eigenvalue weighted by Gasteiger charge is -2.31. The first-order valence-electron chi connectivity index (χ1n) is 6.73. The van der Waals surface area contributed by atoms with Crippen molar-refractivity contribution in [2.45, 2.75) is 46.2 Å². The summed E-state index contributed by atoms with van der Waals surface area (Å²) in [5.74, 6) is 2.85. The van der Waals surface area contributed by atoms with Crippen molar-refractivity contribution in [3.63, 3.8) is 0 Å². The van der Waals surface area contributed by atoms with Crippen LogP contribution >= 0.6 is 0 Å². The molecule has 0 spiro atoms. The molecule has 1 fully saturated rings.